The van der Waals surface area contributed by atoms with Gasteiger partial charge in [-0.1, -0.05) is 13.8 Å². The summed E-state index contributed by atoms with van der Waals surface area (Å²) in [5.41, 5.74) is 0. The topological polar surface area (TPSA) is 57.9 Å². The quantitative estimate of drug-likeness (QED) is 0.628. The molecule has 4 heteroatoms. The van der Waals surface area contributed by atoms with Crippen molar-refractivity contribution < 1.29 is 8.42 Å². The Labute approximate surface area is 62.7 Å². The zero-order chi connectivity index (χ0) is 8.41. The summed E-state index contributed by atoms with van der Waals surface area (Å²) in [4.78, 5) is 0. The van der Waals surface area contributed by atoms with Crippen LogP contribution < -0.4 is 5.14 Å². The highest BCUT2D eigenvalue weighted by Crippen LogP contribution is 2.22. The van der Waals surface area contributed by atoms with Gasteiger partial charge in [-0.25, -0.2) is 8.42 Å². The lowest BCUT2D eigenvalue weighted by molar-refractivity contribution is 0.507. The van der Waals surface area contributed by atoms with E-state index in [0.29, 0.717) is 12.8 Å². The molecule has 1 radical (unpaired) electrons. The minimum atomic E-state index is -3.61. The number of sulfonamides is 1. The van der Waals surface area contributed by atoms with Gasteiger partial charge in [-0.3, -0.25) is 0 Å². The first kappa shape index (κ1) is 9.91. The molecule has 0 saturated carbocycles. The van der Waals surface area contributed by atoms with E-state index < -0.39 is 14.8 Å². The molecule has 0 aliphatic heterocycles. The Morgan fingerprint density at radius 2 is 1.60 bits per heavy atom. The van der Waals surface area contributed by atoms with E-state index in [1.165, 1.54) is 0 Å². The maximum Gasteiger partial charge on any atom is 0.230 e. The van der Waals surface area contributed by atoms with Gasteiger partial charge in [-0.2, -0.15) is 0 Å². The van der Waals surface area contributed by atoms with E-state index in [4.69, 9.17) is 5.14 Å². The monoisotopic (exact) mass is 164 g/mol. The van der Waals surface area contributed by atoms with Gasteiger partial charge in [0, 0.05) is 0 Å². The maximum atomic E-state index is 10.8. The Balaban J connectivity index is 4.68. The van der Waals surface area contributed by atoms with E-state index in [9.17, 15) is 8.42 Å². The first-order valence-electron chi connectivity index (χ1n) is 3.36. The summed E-state index contributed by atoms with van der Waals surface area (Å²) in [5, 5.41) is 6.86. The molecule has 0 bridgehead atoms. The molecule has 0 aliphatic carbocycles. The van der Waals surface area contributed by atoms with Crippen LogP contribution in [0.1, 0.15) is 33.6 Å². The van der Waals surface area contributed by atoms with E-state index in [-0.39, 0.29) is 0 Å². The van der Waals surface area contributed by atoms with Crippen LogP contribution in [0.15, 0.2) is 0 Å². The van der Waals surface area contributed by atoms with Gasteiger partial charge >= 0.3 is 0 Å². The number of hydrogen-bond donors (Lipinski definition) is 0. The summed E-state index contributed by atoms with van der Waals surface area (Å²) >= 11 is 0. The van der Waals surface area contributed by atoms with Crippen molar-refractivity contribution in [3.8, 4) is 0 Å². The largest absolute Gasteiger partial charge is 0.230 e. The number of nitrogens with one attached hydrogen (secondary N) is 1. The Hall–Kier alpha value is -0.0900. The normalized spacial score (nSPS) is 13.6. The van der Waals surface area contributed by atoms with Gasteiger partial charge in [0.1, 0.15) is 0 Å². The van der Waals surface area contributed by atoms with Gasteiger partial charge in [0.2, 0.25) is 10.0 Å². The van der Waals surface area contributed by atoms with E-state index in [1.54, 1.807) is 20.8 Å². The van der Waals surface area contributed by atoms with Crippen molar-refractivity contribution in [1.82, 2.24) is 5.14 Å². The molecule has 0 fully saturated rings. The molecule has 0 rings (SSSR count). The van der Waals surface area contributed by atoms with Crippen LogP contribution in [0.2, 0.25) is 0 Å². The van der Waals surface area contributed by atoms with E-state index in [2.05, 4.69) is 0 Å². The lowest BCUT2D eigenvalue weighted by Crippen LogP contribution is -2.34. The fourth-order valence-electron chi connectivity index (χ4n) is 0.630. The van der Waals surface area contributed by atoms with E-state index in [0.717, 1.165) is 0 Å². The lowest BCUT2D eigenvalue weighted by Gasteiger charge is -2.22. The van der Waals surface area contributed by atoms with Crippen molar-refractivity contribution in [2.75, 3.05) is 0 Å². The van der Waals surface area contributed by atoms with Crippen LogP contribution in [0.5, 0.6) is 0 Å². The van der Waals surface area contributed by atoms with Crippen molar-refractivity contribution in [3.05, 3.63) is 0 Å². The molecular formula is C6H14NO2S. The zero-order valence-corrected chi connectivity index (χ0v) is 7.46. The summed E-state index contributed by atoms with van der Waals surface area (Å²) < 4.78 is 20.7. The van der Waals surface area contributed by atoms with Gasteiger partial charge in [0.15, 0.2) is 0 Å². The fraction of sp³-hybridized carbons (Fsp3) is 1.00. The van der Waals surface area contributed by atoms with Crippen LogP contribution in [0.3, 0.4) is 0 Å². The molecule has 0 heterocycles. The molecule has 61 valence electrons. The van der Waals surface area contributed by atoms with Crippen molar-refractivity contribution in [3.63, 3.8) is 0 Å². The van der Waals surface area contributed by atoms with Gasteiger partial charge < -0.3 is 0 Å². The van der Waals surface area contributed by atoms with Crippen LogP contribution in [0.25, 0.3) is 0 Å². The lowest BCUT2D eigenvalue weighted by atomic mass is 10.1. The molecule has 0 unspecified atom stereocenters. The molecule has 0 atom stereocenters. The second-order valence-corrected chi connectivity index (χ2v) is 4.65. The third kappa shape index (κ3) is 1.70. The van der Waals surface area contributed by atoms with Gasteiger partial charge in [0.25, 0.3) is 0 Å². The standard InChI is InChI=1S/C6H14NO2S/c1-4-6(3,5-2)10(7,8)9/h7H,4-5H2,1-3H3. The smallest absolute Gasteiger partial charge is 0.211 e. The average Bonchev–Trinajstić information content (AvgIpc) is 1.84. The highest BCUT2D eigenvalue weighted by atomic mass is 32.2. The summed E-state index contributed by atoms with van der Waals surface area (Å²) in [5.74, 6) is 0. The van der Waals surface area contributed by atoms with Crippen LogP contribution in [0.4, 0.5) is 0 Å². The first-order valence-corrected chi connectivity index (χ1v) is 4.85. The predicted octanol–water partition coefficient (Wildman–Crippen LogP) is 1.18. The Bertz CT molecular complexity index is 192. The Morgan fingerprint density at radius 3 is 1.60 bits per heavy atom. The molecular weight excluding hydrogens is 150 g/mol. The summed E-state index contributed by atoms with van der Waals surface area (Å²) in [6.45, 7) is 5.18. The van der Waals surface area contributed by atoms with E-state index >= 15 is 0 Å². The highest BCUT2D eigenvalue weighted by molar-refractivity contribution is 7.90. The molecule has 10 heavy (non-hydrogen) atoms. The molecule has 0 aromatic rings. The molecule has 0 aromatic heterocycles. The molecule has 0 aliphatic rings. The minimum absolute atomic E-state index is 0.509. The highest BCUT2D eigenvalue weighted by Gasteiger charge is 2.32. The third-order valence-corrected chi connectivity index (χ3v) is 4.02. The summed E-state index contributed by atoms with van der Waals surface area (Å²) in [6.07, 6.45) is 1.02. The van der Waals surface area contributed by atoms with Crippen LogP contribution in [0, 0.1) is 0 Å². The third-order valence-electron chi connectivity index (χ3n) is 2.14. The summed E-state index contributed by atoms with van der Waals surface area (Å²) in [7, 11) is -3.61. The predicted molar refractivity (Wildman–Crippen MR) is 41.0 cm³/mol. The van der Waals surface area contributed by atoms with Gasteiger partial charge in [-0.05, 0) is 19.8 Å². The summed E-state index contributed by atoms with van der Waals surface area (Å²) in [6, 6.07) is 0. The molecule has 0 amide bonds. The second kappa shape index (κ2) is 2.88. The van der Waals surface area contributed by atoms with Gasteiger partial charge in [-0.15, -0.1) is 5.14 Å². The van der Waals surface area contributed by atoms with Crippen molar-refractivity contribution in [2.45, 2.75) is 38.4 Å². The van der Waals surface area contributed by atoms with Crippen molar-refractivity contribution in [2.24, 2.45) is 0 Å². The van der Waals surface area contributed by atoms with Crippen molar-refractivity contribution in [1.29, 1.82) is 0 Å². The van der Waals surface area contributed by atoms with Crippen LogP contribution >= 0.6 is 0 Å². The molecule has 1 N–H and O–H groups in total. The van der Waals surface area contributed by atoms with Crippen LogP contribution in [-0.2, 0) is 10.0 Å². The van der Waals surface area contributed by atoms with Crippen molar-refractivity contribution >= 4 is 10.0 Å². The fourth-order valence-corrected chi connectivity index (χ4v) is 1.39. The molecule has 0 spiro atoms. The molecule has 0 saturated heterocycles. The average molecular weight is 164 g/mol. The van der Waals surface area contributed by atoms with Gasteiger partial charge in [0.05, 0.1) is 4.75 Å². The number of rotatable bonds is 3. The Morgan fingerprint density at radius 1 is 1.30 bits per heavy atom. The Kier molecular flexibility index (Phi) is 2.86. The van der Waals surface area contributed by atoms with Crippen LogP contribution in [-0.4, -0.2) is 13.2 Å². The second-order valence-electron chi connectivity index (χ2n) is 2.66. The first-order chi connectivity index (χ1) is 4.37. The maximum absolute atomic E-state index is 10.8. The number of hydrogen-bond acceptors (Lipinski definition) is 2. The SMILES string of the molecule is CCC(C)(CC)S([NH])(=O)=O. The minimum Gasteiger partial charge on any atom is -0.211 e. The zero-order valence-electron chi connectivity index (χ0n) is 6.64. The molecule has 3 nitrogen and oxygen atoms in total. The molecule has 0 aromatic carbocycles. The van der Waals surface area contributed by atoms with E-state index in [1.807, 2.05) is 0 Å².